The van der Waals surface area contributed by atoms with Gasteiger partial charge in [-0.3, -0.25) is 9.59 Å². The number of hydrogen-bond donors (Lipinski definition) is 2. The number of ether oxygens (including phenoxy) is 2. The van der Waals surface area contributed by atoms with Crippen molar-refractivity contribution in [1.82, 2.24) is 5.32 Å². The average molecular weight is 288 g/mol. The van der Waals surface area contributed by atoms with Crippen molar-refractivity contribution < 1.29 is 23.9 Å². The Labute approximate surface area is 116 Å². The zero-order valence-electron chi connectivity index (χ0n) is 10.3. The molecule has 19 heavy (non-hydrogen) atoms. The molecule has 0 aliphatic carbocycles. The third-order valence-electron chi connectivity index (χ3n) is 1.81. The van der Waals surface area contributed by atoms with E-state index in [2.05, 4.69) is 28.9 Å². The summed E-state index contributed by atoms with van der Waals surface area (Å²) >= 11 is 4.44. The van der Waals surface area contributed by atoms with Gasteiger partial charge in [0.05, 0.1) is 6.61 Å². The molecule has 0 fully saturated rings. The Morgan fingerprint density at radius 1 is 1.26 bits per heavy atom. The summed E-state index contributed by atoms with van der Waals surface area (Å²) < 4.78 is 9.38. The molecule has 0 aliphatic rings. The minimum atomic E-state index is -0.583. The molecule has 0 radical (unpaired) electrons. The lowest BCUT2D eigenvalue weighted by atomic mass is 10.2. The molecule has 0 unspecified atom stereocenters. The number of rotatable bonds is 8. The molecule has 0 aromatic heterocycles. The van der Waals surface area contributed by atoms with Gasteiger partial charge in [-0.05, 0) is 25.1 Å². The standard InChI is InChI=1S/C11H16N2O5S/c1-2-9(15)17-6-4-3-5-10(16)18-7-8(14)13-11(12)19/h2H,1,3-7H2,(H3,12,13,14,19). The van der Waals surface area contributed by atoms with Gasteiger partial charge < -0.3 is 20.5 Å². The second-order valence-corrected chi connectivity index (χ2v) is 3.84. The maximum Gasteiger partial charge on any atom is 0.330 e. The van der Waals surface area contributed by atoms with E-state index in [-0.39, 0.29) is 18.1 Å². The Hall–Kier alpha value is -1.96. The summed E-state index contributed by atoms with van der Waals surface area (Å²) in [7, 11) is 0. The maximum absolute atomic E-state index is 11.2. The lowest BCUT2D eigenvalue weighted by Crippen LogP contribution is -2.37. The molecule has 0 aliphatic heterocycles. The lowest BCUT2D eigenvalue weighted by Gasteiger charge is -2.05. The van der Waals surface area contributed by atoms with Crippen molar-refractivity contribution in [2.75, 3.05) is 13.2 Å². The number of unbranched alkanes of at least 4 members (excludes halogenated alkanes) is 1. The van der Waals surface area contributed by atoms with E-state index in [0.717, 1.165) is 6.08 Å². The summed E-state index contributed by atoms with van der Waals surface area (Å²) in [5.41, 5.74) is 5.06. The molecule has 0 saturated carbocycles. The molecular weight excluding hydrogens is 272 g/mol. The largest absolute Gasteiger partial charge is 0.463 e. The van der Waals surface area contributed by atoms with Gasteiger partial charge in [0.15, 0.2) is 11.7 Å². The first-order valence-corrected chi connectivity index (χ1v) is 5.90. The highest BCUT2D eigenvalue weighted by atomic mass is 32.1. The third kappa shape index (κ3) is 10.9. The molecule has 106 valence electrons. The molecule has 0 heterocycles. The van der Waals surface area contributed by atoms with E-state index >= 15 is 0 Å². The molecule has 8 heteroatoms. The Kier molecular flexibility index (Phi) is 8.98. The molecule has 0 spiro atoms. The van der Waals surface area contributed by atoms with Crippen LogP contribution < -0.4 is 11.1 Å². The Balaban J connectivity index is 3.54. The van der Waals surface area contributed by atoms with Crippen molar-refractivity contribution in [2.24, 2.45) is 5.73 Å². The summed E-state index contributed by atoms with van der Waals surface area (Å²) in [5.74, 6) is -1.61. The highest BCUT2D eigenvalue weighted by Crippen LogP contribution is 1.98. The molecule has 0 aromatic carbocycles. The highest BCUT2D eigenvalue weighted by molar-refractivity contribution is 7.80. The highest BCUT2D eigenvalue weighted by Gasteiger charge is 2.07. The normalized spacial score (nSPS) is 9.26. The van der Waals surface area contributed by atoms with Gasteiger partial charge in [-0.2, -0.15) is 0 Å². The van der Waals surface area contributed by atoms with Gasteiger partial charge in [0.1, 0.15) is 0 Å². The minimum absolute atomic E-state index is 0.131. The molecule has 7 nitrogen and oxygen atoms in total. The Bertz CT molecular complexity index is 370. The van der Waals surface area contributed by atoms with Crippen LogP contribution in [-0.2, 0) is 23.9 Å². The average Bonchev–Trinajstić information content (AvgIpc) is 2.34. The van der Waals surface area contributed by atoms with E-state index in [0.29, 0.717) is 12.8 Å². The van der Waals surface area contributed by atoms with E-state index in [1.54, 1.807) is 0 Å². The van der Waals surface area contributed by atoms with Crippen LogP contribution in [0.3, 0.4) is 0 Å². The van der Waals surface area contributed by atoms with Crippen LogP contribution in [-0.4, -0.2) is 36.2 Å². The van der Waals surface area contributed by atoms with E-state index in [1.807, 2.05) is 0 Å². The summed E-state index contributed by atoms with van der Waals surface area (Å²) in [6.45, 7) is 3.02. The van der Waals surface area contributed by atoms with E-state index in [1.165, 1.54) is 0 Å². The molecule has 0 aromatic rings. The summed E-state index contributed by atoms with van der Waals surface area (Å²) in [6, 6.07) is 0. The van der Waals surface area contributed by atoms with Crippen molar-refractivity contribution in [3.63, 3.8) is 0 Å². The van der Waals surface area contributed by atoms with Crippen molar-refractivity contribution >= 4 is 35.2 Å². The fourth-order valence-electron chi connectivity index (χ4n) is 0.995. The van der Waals surface area contributed by atoms with Gasteiger partial charge in [0.2, 0.25) is 0 Å². The molecule has 1 amide bonds. The van der Waals surface area contributed by atoms with Crippen LogP contribution in [0.4, 0.5) is 0 Å². The zero-order valence-corrected chi connectivity index (χ0v) is 11.2. The predicted molar refractivity (Wildman–Crippen MR) is 70.9 cm³/mol. The number of carbonyl (C=O) groups is 3. The number of esters is 2. The minimum Gasteiger partial charge on any atom is -0.463 e. The van der Waals surface area contributed by atoms with Crippen LogP contribution in [0.2, 0.25) is 0 Å². The van der Waals surface area contributed by atoms with Crippen molar-refractivity contribution in [1.29, 1.82) is 0 Å². The van der Waals surface area contributed by atoms with Crippen LogP contribution in [0.15, 0.2) is 12.7 Å². The fourth-order valence-corrected chi connectivity index (χ4v) is 1.11. The van der Waals surface area contributed by atoms with E-state index < -0.39 is 24.5 Å². The van der Waals surface area contributed by atoms with Crippen LogP contribution in [0.5, 0.6) is 0 Å². The van der Waals surface area contributed by atoms with Crippen molar-refractivity contribution in [3.05, 3.63) is 12.7 Å². The third-order valence-corrected chi connectivity index (χ3v) is 1.92. The van der Waals surface area contributed by atoms with Crippen molar-refractivity contribution in [3.8, 4) is 0 Å². The van der Waals surface area contributed by atoms with Gasteiger partial charge in [-0.15, -0.1) is 0 Å². The number of carbonyl (C=O) groups excluding carboxylic acids is 3. The molecule has 0 saturated heterocycles. The molecule has 0 atom stereocenters. The quantitative estimate of drug-likeness (QED) is 0.275. The zero-order chi connectivity index (χ0) is 14.7. The van der Waals surface area contributed by atoms with Gasteiger partial charge in [0.25, 0.3) is 5.91 Å². The van der Waals surface area contributed by atoms with Crippen LogP contribution in [0, 0.1) is 0 Å². The van der Waals surface area contributed by atoms with Gasteiger partial charge in [0, 0.05) is 12.5 Å². The first kappa shape index (κ1) is 17.0. The summed E-state index contributed by atoms with van der Waals surface area (Å²) in [5, 5.41) is 1.94. The molecular formula is C11H16N2O5S. The first-order chi connectivity index (χ1) is 8.95. The molecule has 3 N–H and O–H groups in total. The molecule has 0 rings (SSSR count). The number of nitrogens with one attached hydrogen (secondary N) is 1. The van der Waals surface area contributed by atoms with Crippen LogP contribution >= 0.6 is 12.2 Å². The van der Waals surface area contributed by atoms with E-state index in [9.17, 15) is 14.4 Å². The molecule has 0 bridgehead atoms. The number of amides is 1. The summed E-state index contributed by atoms with van der Waals surface area (Å²) in [6.07, 6.45) is 2.20. The second-order valence-electron chi connectivity index (χ2n) is 3.40. The topological polar surface area (TPSA) is 108 Å². The predicted octanol–water partition coefficient (Wildman–Crippen LogP) is -0.211. The smallest absolute Gasteiger partial charge is 0.330 e. The van der Waals surface area contributed by atoms with Crippen molar-refractivity contribution in [2.45, 2.75) is 19.3 Å². The van der Waals surface area contributed by atoms with Gasteiger partial charge in [-0.1, -0.05) is 6.58 Å². The Morgan fingerprint density at radius 2 is 1.95 bits per heavy atom. The number of thiocarbonyl (C=S) groups is 1. The maximum atomic E-state index is 11.2. The first-order valence-electron chi connectivity index (χ1n) is 5.49. The second kappa shape index (κ2) is 10.0. The van der Waals surface area contributed by atoms with Crippen LogP contribution in [0.1, 0.15) is 19.3 Å². The number of nitrogens with two attached hydrogens (primary N) is 1. The summed E-state index contributed by atoms with van der Waals surface area (Å²) in [4.78, 5) is 32.9. The Morgan fingerprint density at radius 3 is 2.53 bits per heavy atom. The SMILES string of the molecule is C=CC(=O)OCCCCC(=O)OCC(=O)NC(N)=S. The van der Waals surface area contributed by atoms with Crippen LogP contribution in [0.25, 0.3) is 0 Å². The number of hydrogen-bond acceptors (Lipinski definition) is 6. The van der Waals surface area contributed by atoms with Gasteiger partial charge >= 0.3 is 11.9 Å². The fraction of sp³-hybridized carbons (Fsp3) is 0.455. The van der Waals surface area contributed by atoms with E-state index in [4.69, 9.17) is 10.5 Å². The lowest BCUT2D eigenvalue weighted by molar-refractivity contribution is -0.148. The van der Waals surface area contributed by atoms with Gasteiger partial charge in [-0.25, -0.2) is 4.79 Å². The monoisotopic (exact) mass is 288 g/mol.